The molecule has 2 atom stereocenters. The molecule has 1 fully saturated rings. The predicted molar refractivity (Wildman–Crippen MR) is 91.3 cm³/mol. The van der Waals surface area contributed by atoms with E-state index in [1.165, 1.54) is 21.0 Å². The lowest BCUT2D eigenvalue weighted by atomic mass is 9.92. The minimum absolute atomic E-state index is 0.00996. The smallest absolute Gasteiger partial charge is 0.308 e. The first-order chi connectivity index (χ1) is 11.4. The third-order valence-electron chi connectivity index (χ3n) is 4.32. The van der Waals surface area contributed by atoms with Crippen molar-refractivity contribution in [1.82, 2.24) is 9.29 Å². The Balaban J connectivity index is 1.91. The number of hydrogen-bond donors (Lipinski definition) is 1. The Hall–Kier alpha value is -1.77. The molecule has 0 bridgehead atoms. The quantitative estimate of drug-likeness (QED) is 0.899. The monoisotopic (exact) mass is 366 g/mol. The molecule has 0 unspecified atom stereocenters. The molecule has 1 aliphatic rings. The summed E-state index contributed by atoms with van der Waals surface area (Å²) >= 11 is 1.27. The van der Waals surface area contributed by atoms with E-state index in [-0.39, 0.29) is 5.03 Å². The molecule has 0 aliphatic carbocycles. The Labute approximate surface area is 144 Å². The van der Waals surface area contributed by atoms with Crippen LogP contribution in [-0.4, -0.2) is 41.4 Å². The van der Waals surface area contributed by atoms with Crippen LogP contribution in [0.3, 0.4) is 0 Å². The molecule has 128 valence electrons. The maximum absolute atomic E-state index is 12.9. The van der Waals surface area contributed by atoms with Crippen molar-refractivity contribution in [3.8, 4) is 10.6 Å². The molecule has 1 aromatic carbocycles. The van der Waals surface area contributed by atoms with Gasteiger partial charge in [-0.15, -0.1) is 11.3 Å². The first kappa shape index (κ1) is 17.1. The zero-order valence-electron chi connectivity index (χ0n) is 13.1. The topological polar surface area (TPSA) is 87.6 Å². The minimum atomic E-state index is -3.80. The highest BCUT2D eigenvalue weighted by Gasteiger charge is 2.40. The van der Waals surface area contributed by atoms with E-state index in [2.05, 4.69) is 4.98 Å². The number of carbonyl (C=O) groups is 1. The largest absolute Gasteiger partial charge is 0.481 e. The minimum Gasteiger partial charge on any atom is -0.481 e. The average molecular weight is 366 g/mol. The number of carboxylic acids is 1. The lowest BCUT2D eigenvalue weighted by Crippen LogP contribution is -2.49. The molecule has 3 rings (SSSR count). The SMILES string of the molecule is C[C@@H]1[C@H](C(=O)O)CCCN1S(=O)(=O)c1csc(-c2ccccc2)n1. The fourth-order valence-corrected chi connectivity index (χ4v) is 5.77. The number of carboxylic acid groups (broad SMARTS) is 1. The lowest BCUT2D eigenvalue weighted by Gasteiger charge is -2.35. The molecule has 1 aliphatic heterocycles. The summed E-state index contributed by atoms with van der Waals surface area (Å²) in [5.41, 5.74) is 0.860. The average Bonchev–Trinajstić information content (AvgIpc) is 3.06. The molecular weight excluding hydrogens is 348 g/mol. The Morgan fingerprint density at radius 1 is 1.33 bits per heavy atom. The summed E-state index contributed by atoms with van der Waals surface area (Å²) in [6.07, 6.45) is 1.03. The van der Waals surface area contributed by atoms with Gasteiger partial charge in [-0.05, 0) is 19.8 Å². The first-order valence-corrected chi connectivity index (χ1v) is 9.99. The van der Waals surface area contributed by atoms with Crippen LogP contribution in [0.5, 0.6) is 0 Å². The molecule has 0 radical (unpaired) electrons. The third-order valence-corrected chi connectivity index (χ3v) is 7.24. The van der Waals surface area contributed by atoms with Crippen molar-refractivity contribution in [2.24, 2.45) is 5.92 Å². The molecule has 0 saturated carbocycles. The highest BCUT2D eigenvalue weighted by atomic mass is 32.2. The number of sulfonamides is 1. The number of rotatable bonds is 4. The molecular formula is C16H18N2O4S2. The Kier molecular flexibility index (Phi) is 4.71. The summed E-state index contributed by atoms with van der Waals surface area (Å²) in [6, 6.07) is 8.79. The Morgan fingerprint density at radius 2 is 2.04 bits per heavy atom. The van der Waals surface area contributed by atoms with Gasteiger partial charge in [0.25, 0.3) is 10.0 Å². The number of piperidine rings is 1. The number of thiazole rings is 1. The maximum atomic E-state index is 12.9. The molecule has 2 aromatic rings. The van der Waals surface area contributed by atoms with Crippen LogP contribution in [-0.2, 0) is 14.8 Å². The molecule has 1 aromatic heterocycles. The van der Waals surface area contributed by atoms with Crippen molar-refractivity contribution in [2.45, 2.75) is 30.8 Å². The van der Waals surface area contributed by atoms with Gasteiger partial charge in [0.2, 0.25) is 0 Å². The molecule has 24 heavy (non-hydrogen) atoms. The van der Waals surface area contributed by atoms with E-state index in [0.717, 1.165) is 5.56 Å². The summed E-state index contributed by atoms with van der Waals surface area (Å²) in [5.74, 6) is -1.63. The number of aliphatic carboxylic acids is 1. The van der Waals surface area contributed by atoms with Crippen LogP contribution in [0.25, 0.3) is 10.6 Å². The Morgan fingerprint density at radius 3 is 2.71 bits per heavy atom. The normalized spacial score (nSPS) is 22.4. The number of aromatic nitrogens is 1. The summed E-state index contributed by atoms with van der Waals surface area (Å²) < 4.78 is 27.1. The van der Waals surface area contributed by atoms with Gasteiger partial charge in [-0.3, -0.25) is 4.79 Å². The van der Waals surface area contributed by atoms with Crippen molar-refractivity contribution in [3.63, 3.8) is 0 Å². The summed E-state index contributed by atoms with van der Waals surface area (Å²) in [5, 5.41) is 11.4. The standard InChI is InChI=1S/C16H18N2O4S2/c1-11-13(16(19)20)8-5-9-18(11)24(21,22)14-10-23-15(17-14)12-6-3-2-4-7-12/h2-4,6-7,10-11,13H,5,8-9H2,1H3,(H,19,20)/t11-,13-/m1/s1. The van der Waals surface area contributed by atoms with Crippen LogP contribution in [0.2, 0.25) is 0 Å². The highest BCUT2D eigenvalue weighted by Crippen LogP contribution is 2.31. The van der Waals surface area contributed by atoms with Crippen molar-refractivity contribution >= 4 is 27.3 Å². The second-order valence-electron chi connectivity index (χ2n) is 5.80. The predicted octanol–water partition coefficient (Wildman–Crippen LogP) is 2.68. The number of nitrogens with zero attached hydrogens (tertiary/aromatic N) is 2. The molecule has 0 spiro atoms. The Bertz CT molecular complexity index is 833. The van der Waals surface area contributed by atoms with Crippen LogP contribution >= 0.6 is 11.3 Å². The van der Waals surface area contributed by atoms with Gasteiger partial charge in [0.1, 0.15) is 5.01 Å². The molecule has 0 amide bonds. The van der Waals surface area contributed by atoms with Crippen molar-refractivity contribution in [3.05, 3.63) is 35.7 Å². The molecule has 2 heterocycles. The van der Waals surface area contributed by atoms with E-state index in [1.54, 1.807) is 6.92 Å². The van der Waals surface area contributed by atoms with E-state index in [1.807, 2.05) is 30.3 Å². The molecule has 1 saturated heterocycles. The molecule has 6 nitrogen and oxygen atoms in total. The first-order valence-electron chi connectivity index (χ1n) is 7.67. The molecule has 1 N–H and O–H groups in total. The molecule has 8 heteroatoms. The number of hydrogen-bond acceptors (Lipinski definition) is 5. The second kappa shape index (κ2) is 6.62. The van der Waals surface area contributed by atoms with E-state index >= 15 is 0 Å². The van der Waals surface area contributed by atoms with Crippen LogP contribution in [0, 0.1) is 5.92 Å². The third kappa shape index (κ3) is 3.09. The van der Waals surface area contributed by atoms with Gasteiger partial charge in [-0.25, -0.2) is 13.4 Å². The van der Waals surface area contributed by atoms with Gasteiger partial charge < -0.3 is 5.11 Å². The zero-order valence-corrected chi connectivity index (χ0v) is 14.8. The van der Waals surface area contributed by atoms with Crippen LogP contribution in [0.15, 0.2) is 40.7 Å². The lowest BCUT2D eigenvalue weighted by molar-refractivity contribution is -0.144. The summed E-state index contributed by atoms with van der Waals surface area (Å²) in [4.78, 5) is 15.6. The fraction of sp³-hybridized carbons (Fsp3) is 0.375. The van der Waals surface area contributed by atoms with Gasteiger partial charge in [0.05, 0.1) is 5.92 Å². The maximum Gasteiger partial charge on any atom is 0.308 e. The zero-order chi connectivity index (χ0) is 17.3. The van der Waals surface area contributed by atoms with E-state index < -0.39 is 28.0 Å². The van der Waals surface area contributed by atoms with Gasteiger partial charge in [-0.2, -0.15) is 4.31 Å². The van der Waals surface area contributed by atoms with Gasteiger partial charge in [-0.1, -0.05) is 30.3 Å². The van der Waals surface area contributed by atoms with Gasteiger partial charge in [0, 0.05) is 23.5 Å². The van der Waals surface area contributed by atoms with Crippen molar-refractivity contribution in [2.75, 3.05) is 6.54 Å². The van der Waals surface area contributed by atoms with E-state index in [9.17, 15) is 18.3 Å². The van der Waals surface area contributed by atoms with Gasteiger partial charge >= 0.3 is 5.97 Å². The summed E-state index contributed by atoms with van der Waals surface area (Å²) in [7, 11) is -3.80. The summed E-state index contributed by atoms with van der Waals surface area (Å²) in [6.45, 7) is 1.98. The van der Waals surface area contributed by atoms with Crippen LogP contribution in [0.1, 0.15) is 19.8 Å². The van der Waals surface area contributed by atoms with E-state index in [0.29, 0.717) is 24.4 Å². The highest BCUT2D eigenvalue weighted by molar-refractivity contribution is 7.89. The number of benzene rings is 1. The fourth-order valence-electron chi connectivity index (χ4n) is 2.99. The van der Waals surface area contributed by atoms with E-state index in [4.69, 9.17) is 0 Å². The van der Waals surface area contributed by atoms with Crippen LogP contribution < -0.4 is 0 Å². The van der Waals surface area contributed by atoms with Crippen molar-refractivity contribution in [1.29, 1.82) is 0 Å². The van der Waals surface area contributed by atoms with Crippen molar-refractivity contribution < 1.29 is 18.3 Å². The van der Waals surface area contributed by atoms with Gasteiger partial charge in [0.15, 0.2) is 5.03 Å². The van der Waals surface area contributed by atoms with Crippen LogP contribution in [0.4, 0.5) is 0 Å². The second-order valence-corrected chi connectivity index (χ2v) is 8.50.